The van der Waals surface area contributed by atoms with Gasteiger partial charge in [-0.15, -0.1) is 0 Å². The van der Waals surface area contributed by atoms with Gasteiger partial charge in [-0.1, -0.05) is 36.4 Å². The molecule has 0 fully saturated rings. The summed E-state index contributed by atoms with van der Waals surface area (Å²) in [5.41, 5.74) is 5.08. The van der Waals surface area contributed by atoms with E-state index in [-0.39, 0.29) is 0 Å². The van der Waals surface area contributed by atoms with Crippen LogP contribution in [0.25, 0.3) is 0 Å². The number of hydrogen-bond donors (Lipinski definition) is 1. The molecule has 4 heteroatoms. The predicted octanol–water partition coefficient (Wildman–Crippen LogP) is 3.70. The molecule has 0 amide bonds. The molecule has 3 rings (SSSR count). The Morgan fingerprint density at radius 3 is 2.75 bits per heavy atom. The van der Waals surface area contributed by atoms with Crippen molar-refractivity contribution in [3.05, 3.63) is 65.2 Å². The molecule has 150 valence electrons. The number of carboxylic acid groups (broad SMARTS) is 1. The maximum Gasteiger partial charge on any atom is 0.101 e. The van der Waals surface area contributed by atoms with Gasteiger partial charge in [0.05, 0.1) is 5.97 Å². The van der Waals surface area contributed by atoms with E-state index in [4.69, 9.17) is 4.74 Å². The van der Waals surface area contributed by atoms with Crippen LogP contribution in [0.15, 0.2) is 48.5 Å². The Bertz CT molecular complexity index is 757. The average molecular weight is 381 g/mol. The molecular formula is C24H30NO3-. The SMILES string of the molecule is CCOC(Cc1ccc(NCCCC2CCCc3ccccc32)cc1)C(=O)[O-]. The van der Waals surface area contributed by atoms with Gasteiger partial charge in [0.1, 0.15) is 6.10 Å². The summed E-state index contributed by atoms with van der Waals surface area (Å²) in [6.45, 7) is 3.09. The summed E-state index contributed by atoms with van der Waals surface area (Å²) in [6, 6.07) is 16.8. The molecule has 0 aliphatic heterocycles. The molecule has 0 spiro atoms. The molecule has 0 radical (unpaired) electrons. The number of hydrogen-bond acceptors (Lipinski definition) is 4. The third-order valence-corrected chi connectivity index (χ3v) is 5.56. The van der Waals surface area contributed by atoms with Crippen LogP contribution in [0.5, 0.6) is 0 Å². The fourth-order valence-corrected chi connectivity index (χ4v) is 4.12. The second-order valence-corrected chi connectivity index (χ2v) is 7.52. The molecule has 4 nitrogen and oxygen atoms in total. The fourth-order valence-electron chi connectivity index (χ4n) is 4.12. The zero-order chi connectivity index (χ0) is 19.8. The molecule has 2 unspecified atom stereocenters. The Balaban J connectivity index is 1.44. The van der Waals surface area contributed by atoms with Crippen molar-refractivity contribution in [2.24, 2.45) is 0 Å². The molecule has 0 bridgehead atoms. The molecule has 0 saturated heterocycles. The van der Waals surface area contributed by atoms with Crippen molar-refractivity contribution >= 4 is 11.7 Å². The van der Waals surface area contributed by atoms with Crippen LogP contribution in [0.1, 0.15) is 55.2 Å². The quantitative estimate of drug-likeness (QED) is 0.639. The van der Waals surface area contributed by atoms with Gasteiger partial charge in [-0.25, -0.2) is 0 Å². The molecule has 0 aromatic heterocycles. The number of ether oxygens (including phenoxy) is 1. The minimum atomic E-state index is -1.16. The predicted molar refractivity (Wildman–Crippen MR) is 110 cm³/mol. The van der Waals surface area contributed by atoms with Gasteiger partial charge in [0.15, 0.2) is 0 Å². The lowest BCUT2D eigenvalue weighted by molar-refractivity contribution is -0.316. The molecule has 28 heavy (non-hydrogen) atoms. The number of fused-ring (bicyclic) bond motifs is 1. The van der Waals surface area contributed by atoms with Crippen LogP contribution < -0.4 is 10.4 Å². The van der Waals surface area contributed by atoms with Gasteiger partial charge in [0.25, 0.3) is 0 Å². The smallest absolute Gasteiger partial charge is 0.101 e. The van der Waals surface area contributed by atoms with Gasteiger partial charge in [-0.05, 0) is 73.8 Å². The van der Waals surface area contributed by atoms with Gasteiger partial charge in [-0.2, -0.15) is 0 Å². The second kappa shape index (κ2) is 10.3. The van der Waals surface area contributed by atoms with E-state index in [1.54, 1.807) is 12.5 Å². The number of rotatable bonds is 10. The van der Waals surface area contributed by atoms with Gasteiger partial charge < -0.3 is 20.0 Å². The number of carbonyl (C=O) groups excluding carboxylic acids is 1. The maximum absolute atomic E-state index is 11.1. The topological polar surface area (TPSA) is 61.4 Å². The Morgan fingerprint density at radius 2 is 2.00 bits per heavy atom. The molecule has 1 aliphatic rings. The first kappa shape index (κ1) is 20.4. The van der Waals surface area contributed by atoms with Crippen LogP contribution in [-0.2, 0) is 22.4 Å². The molecule has 2 aromatic rings. The largest absolute Gasteiger partial charge is 0.547 e. The van der Waals surface area contributed by atoms with Crippen molar-refractivity contribution in [3.63, 3.8) is 0 Å². The van der Waals surface area contributed by atoms with E-state index >= 15 is 0 Å². The number of nitrogens with one attached hydrogen (secondary N) is 1. The molecule has 0 saturated carbocycles. The molecule has 1 N–H and O–H groups in total. The number of carboxylic acids is 1. The van der Waals surface area contributed by atoms with Gasteiger partial charge in [0, 0.05) is 25.3 Å². The van der Waals surface area contributed by atoms with Crippen LogP contribution in [0, 0.1) is 0 Å². The third-order valence-electron chi connectivity index (χ3n) is 5.56. The zero-order valence-electron chi connectivity index (χ0n) is 16.7. The summed E-state index contributed by atoms with van der Waals surface area (Å²) in [6.07, 6.45) is 5.61. The first-order valence-electron chi connectivity index (χ1n) is 10.4. The summed E-state index contributed by atoms with van der Waals surface area (Å²) in [5, 5.41) is 14.6. The van der Waals surface area contributed by atoms with E-state index < -0.39 is 12.1 Å². The van der Waals surface area contributed by atoms with Crippen LogP contribution in [0.4, 0.5) is 5.69 Å². The zero-order valence-corrected chi connectivity index (χ0v) is 16.7. The highest BCUT2D eigenvalue weighted by Gasteiger charge is 2.19. The number of aryl methyl sites for hydroxylation is 1. The van der Waals surface area contributed by atoms with Gasteiger partial charge in [-0.3, -0.25) is 0 Å². The first-order chi connectivity index (χ1) is 13.7. The number of aliphatic carboxylic acids is 1. The van der Waals surface area contributed by atoms with Crippen LogP contribution in [-0.4, -0.2) is 25.2 Å². The molecule has 0 heterocycles. The normalized spacial score (nSPS) is 17.0. The molecule has 1 aliphatic carbocycles. The number of benzene rings is 2. The Labute approximate surface area is 167 Å². The van der Waals surface area contributed by atoms with E-state index in [1.807, 2.05) is 24.3 Å². The monoisotopic (exact) mass is 380 g/mol. The van der Waals surface area contributed by atoms with Crippen LogP contribution >= 0.6 is 0 Å². The highest BCUT2D eigenvalue weighted by atomic mass is 16.5. The Hall–Kier alpha value is -2.33. The van der Waals surface area contributed by atoms with Crippen molar-refractivity contribution in [2.75, 3.05) is 18.5 Å². The number of anilines is 1. The van der Waals surface area contributed by atoms with E-state index in [0.717, 1.165) is 24.2 Å². The van der Waals surface area contributed by atoms with Crippen molar-refractivity contribution in [3.8, 4) is 0 Å². The van der Waals surface area contributed by atoms with Crippen LogP contribution in [0.2, 0.25) is 0 Å². The van der Waals surface area contributed by atoms with Crippen molar-refractivity contribution in [1.82, 2.24) is 0 Å². The minimum Gasteiger partial charge on any atom is -0.547 e. The van der Waals surface area contributed by atoms with Crippen molar-refractivity contribution in [2.45, 2.75) is 57.5 Å². The first-order valence-corrected chi connectivity index (χ1v) is 10.4. The summed E-state index contributed by atoms with van der Waals surface area (Å²) in [5.74, 6) is -0.470. The van der Waals surface area contributed by atoms with Gasteiger partial charge >= 0.3 is 0 Å². The minimum absolute atomic E-state index is 0.331. The summed E-state index contributed by atoms with van der Waals surface area (Å²) >= 11 is 0. The molecular weight excluding hydrogens is 350 g/mol. The summed E-state index contributed by atoms with van der Waals surface area (Å²) < 4.78 is 5.22. The summed E-state index contributed by atoms with van der Waals surface area (Å²) in [4.78, 5) is 11.1. The molecule has 2 aromatic carbocycles. The van der Waals surface area contributed by atoms with E-state index in [1.165, 1.54) is 31.2 Å². The Morgan fingerprint density at radius 1 is 1.21 bits per heavy atom. The van der Waals surface area contributed by atoms with Crippen LogP contribution in [0.3, 0.4) is 0 Å². The highest BCUT2D eigenvalue weighted by Crippen LogP contribution is 2.34. The lowest BCUT2D eigenvalue weighted by Crippen LogP contribution is -2.39. The van der Waals surface area contributed by atoms with E-state index in [0.29, 0.717) is 18.9 Å². The lowest BCUT2D eigenvalue weighted by atomic mass is 9.80. The van der Waals surface area contributed by atoms with Crippen molar-refractivity contribution < 1.29 is 14.6 Å². The number of carbonyl (C=O) groups is 1. The third kappa shape index (κ3) is 5.59. The highest BCUT2D eigenvalue weighted by molar-refractivity contribution is 5.70. The van der Waals surface area contributed by atoms with E-state index in [2.05, 4.69) is 29.6 Å². The second-order valence-electron chi connectivity index (χ2n) is 7.52. The maximum atomic E-state index is 11.1. The Kier molecular flexibility index (Phi) is 7.49. The van der Waals surface area contributed by atoms with Gasteiger partial charge in [0.2, 0.25) is 0 Å². The lowest BCUT2D eigenvalue weighted by Gasteiger charge is -2.25. The molecule has 2 atom stereocenters. The average Bonchev–Trinajstić information content (AvgIpc) is 2.72. The van der Waals surface area contributed by atoms with E-state index in [9.17, 15) is 9.90 Å². The fraction of sp³-hybridized carbons (Fsp3) is 0.458. The summed E-state index contributed by atoms with van der Waals surface area (Å²) in [7, 11) is 0. The van der Waals surface area contributed by atoms with Crippen molar-refractivity contribution in [1.29, 1.82) is 0 Å². The standard InChI is InChI=1S/C24H31NO3/c1-2-28-23(24(26)27)17-18-12-14-21(15-13-18)25-16-6-10-20-9-5-8-19-7-3-4-11-22(19)20/h3-4,7,11-15,20,23,25H,2,5-6,8-10,16-17H2,1H3,(H,26,27)/p-1.